The van der Waals surface area contributed by atoms with Crippen LogP contribution < -0.4 is 5.32 Å². The first-order valence-electron chi connectivity index (χ1n) is 30.9. The van der Waals surface area contributed by atoms with Crippen molar-refractivity contribution in [3.05, 3.63) is 48.6 Å². The molecule has 6 nitrogen and oxygen atoms in total. The monoisotopic (exact) mass is 982 g/mol. The molecule has 410 valence electrons. The zero-order chi connectivity index (χ0) is 50.7. The van der Waals surface area contributed by atoms with Gasteiger partial charge in [-0.2, -0.15) is 0 Å². The van der Waals surface area contributed by atoms with Gasteiger partial charge in [0.25, 0.3) is 0 Å². The van der Waals surface area contributed by atoms with Crippen molar-refractivity contribution in [1.29, 1.82) is 0 Å². The van der Waals surface area contributed by atoms with Gasteiger partial charge < -0.3 is 20.3 Å². The SMILES string of the molecule is CCCCC/C=C\C/C=C\CCCCCCCCCC(=O)OCCCCCCCCCCC/C=C\C/C=C\CCCCCCCCCC(=O)NC(CO)C(O)CCCCCCCCCCCCCCC. The van der Waals surface area contributed by atoms with Crippen molar-refractivity contribution in [1.82, 2.24) is 5.32 Å². The maximum Gasteiger partial charge on any atom is 0.305 e. The van der Waals surface area contributed by atoms with Crippen molar-refractivity contribution in [3.63, 3.8) is 0 Å². The van der Waals surface area contributed by atoms with Crippen molar-refractivity contribution in [2.24, 2.45) is 0 Å². The molecule has 0 saturated carbocycles. The molecule has 0 saturated heterocycles. The van der Waals surface area contributed by atoms with E-state index in [1.807, 2.05) is 0 Å². The highest BCUT2D eigenvalue weighted by molar-refractivity contribution is 5.76. The molecular weight excluding hydrogens is 863 g/mol. The van der Waals surface area contributed by atoms with Gasteiger partial charge >= 0.3 is 5.97 Å². The Bertz CT molecular complexity index is 1180. The Balaban J connectivity index is 3.44. The topological polar surface area (TPSA) is 95.9 Å². The van der Waals surface area contributed by atoms with Crippen LogP contribution in [-0.2, 0) is 14.3 Å². The number of nitrogens with one attached hydrogen (secondary N) is 1. The average molecular weight is 983 g/mol. The summed E-state index contributed by atoms with van der Waals surface area (Å²) in [4.78, 5) is 24.5. The summed E-state index contributed by atoms with van der Waals surface area (Å²) in [7, 11) is 0. The molecule has 0 heterocycles. The number of carbonyl (C=O) groups excluding carboxylic acids is 2. The third-order valence-corrected chi connectivity index (χ3v) is 14.1. The first kappa shape index (κ1) is 67.8. The Morgan fingerprint density at radius 2 is 0.714 bits per heavy atom. The fraction of sp³-hybridized carbons (Fsp3) is 0.844. The molecule has 0 aromatic heterocycles. The molecule has 0 aliphatic rings. The lowest BCUT2D eigenvalue weighted by molar-refractivity contribution is -0.143. The number of aliphatic hydroxyl groups excluding tert-OH is 2. The third kappa shape index (κ3) is 55.1. The summed E-state index contributed by atoms with van der Waals surface area (Å²) in [6.45, 7) is 4.92. The van der Waals surface area contributed by atoms with E-state index < -0.39 is 12.1 Å². The van der Waals surface area contributed by atoms with E-state index in [2.05, 4.69) is 67.8 Å². The van der Waals surface area contributed by atoms with Crippen molar-refractivity contribution in [3.8, 4) is 0 Å². The molecule has 0 rings (SSSR count). The zero-order valence-corrected chi connectivity index (χ0v) is 46.7. The maximum absolute atomic E-state index is 12.5. The molecule has 3 N–H and O–H groups in total. The lowest BCUT2D eigenvalue weighted by Gasteiger charge is -2.22. The molecule has 2 atom stereocenters. The lowest BCUT2D eigenvalue weighted by atomic mass is 10.0. The Morgan fingerprint density at radius 3 is 1.11 bits per heavy atom. The van der Waals surface area contributed by atoms with E-state index in [4.69, 9.17) is 4.74 Å². The van der Waals surface area contributed by atoms with Gasteiger partial charge in [0.1, 0.15) is 0 Å². The molecule has 0 aromatic carbocycles. The van der Waals surface area contributed by atoms with Crippen molar-refractivity contribution >= 4 is 11.9 Å². The molecule has 0 aromatic rings. The molecule has 0 aliphatic heterocycles. The van der Waals surface area contributed by atoms with Gasteiger partial charge in [-0.3, -0.25) is 9.59 Å². The minimum atomic E-state index is -0.671. The van der Waals surface area contributed by atoms with Crippen LogP contribution in [-0.4, -0.2) is 47.4 Å². The molecule has 0 bridgehead atoms. The standard InChI is InChI=1S/C64H119NO5/c1-3-5-7-9-11-13-15-17-18-26-30-34-38-42-46-50-54-58-64(69)70-59-55-51-47-43-39-35-31-28-25-23-21-19-20-22-24-27-29-33-37-41-45-49-53-57-63(68)65-61(60-66)62(67)56-52-48-44-40-36-32-16-14-12-10-8-6-4-2/h11,13,17-19,21-22,24,61-62,66-67H,3-10,12,14-16,20,23,25-60H2,1-2H3,(H,65,68)/b13-11-,18-17-,21-19-,24-22-. The normalized spacial score (nSPS) is 12.9. The van der Waals surface area contributed by atoms with E-state index in [0.29, 0.717) is 25.9 Å². The summed E-state index contributed by atoms with van der Waals surface area (Å²) < 4.78 is 5.48. The second-order valence-electron chi connectivity index (χ2n) is 21.0. The Hall–Kier alpha value is -2.18. The van der Waals surface area contributed by atoms with Gasteiger partial charge in [-0.05, 0) is 89.9 Å². The van der Waals surface area contributed by atoms with Crippen LogP contribution in [0.2, 0.25) is 0 Å². The number of unbranched alkanes of at least 4 members (excludes halogenated alkanes) is 38. The van der Waals surface area contributed by atoms with Crippen molar-refractivity contribution in [2.45, 2.75) is 334 Å². The number of allylic oxidation sites excluding steroid dienone is 8. The van der Waals surface area contributed by atoms with E-state index in [-0.39, 0.29) is 18.5 Å². The molecular formula is C64H119NO5. The summed E-state index contributed by atoms with van der Waals surface area (Å²) >= 11 is 0. The smallest absolute Gasteiger partial charge is 0.305 e. The van der Waals surface area contributed by atoms with Crippen LogP contribution in [0.15, 0.2) is 48.6 Å². The number of ether oxygens (including phenoxy) is 1. The first-order valence-corrected chi connectivity index (χ1v) is 30.9. The predicted octanol–water partition coefficient (Wildman–Crippen LogP) is 19.4. The van der Waals surface area contributed by atoms with Gasteiger partial charge in [-0.1, -0.05) is 268 Å². The summed E-state index contributed by atoms with van der Waals surface area (Å²) in [6.07, 6.45) is 75.4. The summed E-state index contributed by atoms with van der Waals surface area (Å²) in [5.41, 5.74) is 0. The van der Waals surface area contributed by atoms with E-state index in [0.717, 1.165) is 70.6 Å². The number of hydrogen-bond acceptors (Lipinski definition) is 5. The second kappa shape index (κ2) is 59.4. The highest BCUT2D eigenvalue weighted by Crippen LogP contribution is 2.17. The van der Waals surface area contributed by atoms with Crippen molar-refractivity contribution in [2.75, 3.05) is 13.2 Å². The first-order chi connectivity index (χ1) is 34.5. The number of rotatable bonds is 57. The highest BCUT2D eigenvalue weighted by atomic mass is 16.5. The molecule has 0 aliphatic carbocycles. The number of amides is 1. The summed E-state index contributed by atoms with van der Waals surface area (Å²) in [5, 5.41) is 23.2. The number of hydrogen-bond donors (Lipinski definition) is 3. The van der Waals surface area contributed by atoms with E-state index in [9.17, 15) is 19.8 Å². The van der Waals surface area contributed by atoms with Crippen LogP contribution in [0.4, 0.5) is 0 Å². The van der Waals surface area contributed by atoms with E-state index >= 15 is 0 Å². The molecule has 2 unspecified atom stereocenters. The predicted molar refractivity (Wildman–Crippen MR) is 306 cm³/mol. The molecule has 0 radical (unpaired) electrons. The van der Waals surface area contributed by atoms with Gasteiger partial charge in [0.2, 0.25) is 5.91 Å². The Labute approximate surface area is 436 Å². The average Bonchev–Trinajstić information content (AvgIpc) is 3.36. The minimum Gasteiger partial charge on any atom is -0.466 e. The number of carbonyl (C=O) groups is 2. The van der Waals surface area contributed by atoms with Gasteiger partial charge in [-0.15, -0.1) is 0 Å². The molecule has 0 spiro atoms. The van der Waals surface area contributed by atoms with Gasteiger partial charge in [-0.25, -0.2) is 0 Å². The molecule has 70 heavy (non-hydrogen) atoms. The molecule has 0 fully saturated rings. The van der Waals surface area contributed by atoms with Crippen LogP contribution in [0.1, 0.15) is 322 Å². The number of aliphatic hydroxyl groups is 2. The quantitative estimate of drug-likeness (QED) is 0.0321. The molecule has 1 amide bonds. The minimum absolute atomic E-state index is 0.000987. The van der Waals surface area contributed by atoms with E-state index in [1.54, 1.807) is 0 Å². The van der Waals surface area contributed by atoms with Crippen LogP contribution in [0.25, 0.3) is 0 Å². The maximum atomic E-state index is 12.5. The van der Waals surface area contributed by atoms with Gasteiger partial charge in [0.05, 0.1) is 25.4 Å². The van der Waals surface area contributed by atoms with Gasteiger partial charge in [0.15, 0.2) is 0 Å². The summed E-state index contributed by atoms with van der Waals surface area (Å²) in [6, 6.07) is -0.549. The van der Waals surface area contributed by atoms with Gasteiger partial charge in [0, 0.05) is 12.8 Å². The highest BCUT2D eigenvalue weighted by Gasteiger charge is 2.20. The fourth-order valence-corrected chi connectivity index (χ4v) is 9.35. The fourth-order valence-electron chi connectivity index (χ4n) is 9.35. The van der Waals surface area contributed by atoms with Crippen LogP contribution >= 0.6 is 0 Å². The Kier molecular flexibility index (Phi) is 57.5. The van der Waals surface area contributed by atoms with Crippen molar-refractivity contribution < 1.29 is 24.5 Å². The second-order valence-corrected chi connectivity index (χ2v) is 21.0. The van der Waals surface area contributed by atoms with Crippen LogP contribution in [0, 0.1) is 0 Å². The number of esters is 1. The van der Waals surface area contributed by atoms with Crippen LogP contribution in [0.3, 0.4) is 0 Å². The van der Waals surface area contributed by atoms with Crippen LogP contribution in [0.5, 0.6) is 0 Å². The Morgan fingerprint density at radius 1 is 0.400 bits per heavy atom. The molecule has 6 heteroatoms. The lowest BCUT2D eigenvalue weighted by Crippen LogP contribution is -2.45. The van der Waals surface area contributed by atoms with E-state index in [1.165, 1.54) is 218 Å². The largest absolute Gasteiger partial charge is 0.466 e. The summed E-state index contributed by atoms with van der Waals surface area (Å²) in [5.74, 6) is -0.0466. The zero-order valence-electron chi connectivity index (χ0n) is 46.7. The third-order valence-electron chi connectivity index (χ3n) is 14.1.